The van der Waals surface area contributed by atoms with Crippen LogP contribution in [-0.4, -0.2) is 19.9 Å². The number of hydrogen-bond acceptors (Lipinski definition) is 3. The van der Waals surface area contributed by atoms with Gasteiger partial charge < -0.3 is 14.2 Å². The molecule has 3 aromatic carbocycles. The fourth-order valence-electron chi connectivity index (χ4n) is 3.02. The van der Waals surface area contributed by atoms with E-state index in [9.17, 15) is 26.3 Å². The minimum absolute atomic E-state index is 0.263. The smallest absolute Gasteiger partial charge is 0.398 e. The lowest BCUT2D eigenvalue weighted by atomic mass is 9.98. The zero-order valence-corrected chi connectivity index (χ0v) is 16.8. The van der Waals surface area contributed by atoms with Crippen molar-refractivity contribution in [2.24, 2.45) is 0 Å². The minimum atomic E-state index is -5.01. The van der Waals surface area contributed by atoms with E-state index < -0.39 is 47.5 Å². The van der Waals surface area contributed by atoms with Crippen molar-refractivity contribution < 1.29 is 40.6 Å². The standard InChI is InChI=1S/C23H18F6O3/c1-30-22-19(24)11-17(20(25)21(22)26)18(23(27,28)29)13-31-12-14-6-5-9-16(10-14)32-15-7-3-2-4-8-15/h2-11,18H,12-13H2,1H3. The molecule has 3 rings (SSSR count). The number of rotatable bonds is 8. The van der Waals surface area contributed by atoms with E-state index in [1.807, 2.05) is 6.07 Å². The SMILES string of the molecule is COc1c(F)cc(C(COCc2cccc(Oc3ccccc3)c2)C(F)(F)F)c(F)c1F. The van der Waals surface area contributed by atoms with Gasteiger partial charge >= 0.3 is 6.18 Å². The number of para-hydroxylation sites is 1. The van der Waals surface area contributed by atoms with Crippen LogP contribution in [0.15, 0.2) is 60.7 Å². The van der Waals surface area contributed by atoms with Crippen molar-refractivity contribution in [2.75, 3.05) is 13.7 Å². The van der Waals surface area contributed by atoms with E-state index in [2.05, 4.69) is 4.74 Å². The van der Waals surface area contributed by atoms with Gasteiger partial charge in [0.05, 0.1) is 20.3 Å². The Morgan fingerprint density at radius 1 is 0.844 bits per heavy atom. The molecule has 0 spiro atoms. The van der Waals surface area contributed by atoms with Crippen LogP contribution in [0.2, 0.25) is 0 Å². The fraction of sp³-hybridized carbons (Fsp3) is 0.217. The van der Waals surface area contributed by atoms with E-state index >= 15 is 0 Å². The van der Waals surface area contributed by atoms with Gasteiger partial charge in [-0.1, -0.05) is 30.3 Å². The van der Waals surface area contributed by atoms with Crippen LogP contribution in [-0.2, 0) is 11.3 Å². The third-order valence-electron chi connectivity index (χ3n) is 4.55. The summed E-state index contributed by atoms with van der Waals surface area (Å²) in [6.07, 6.45) is -5.01. The molecule has 3 nitrogen and oxygen atoms in total. The van der Waals surface area contributed by atoms with Gasteiger partial charge in [-0.3, -0.25) is 0 Å². The van der Waals surface area contributed by atoms with Crippen molar-refractivity contribution in [1.82, 2.24) is 0 Å². The van der Waals surface area contributed by atoms with Gasteiger partial charge in [-0.15, -0.1) is 0 Å². The topological polar surface area (TPSA) is 27.7 Å². The van der Waals surface area contributed by atoms with E-state index in [4.69, 9.17) is 9.47 Å². The van der Waals surface area contributed by atoms with E-state index in [0.717, 1.165) is 7.11 Å². The summed E-state index contributed by atoms with van der Waals surface area (Å²) in [5.74, 6) is -7.78. The average molecular weight is 456 g/mol. The van der Waals surface area contributed by atoms with E-state index in [1.54, 1.807) is 48.5 Å². The first-order valence-electron chi connectivity index (χ1n) is 9.38. The number of halogens is 6. The van der Waals surface area contributed by atoms with Crippen LogP contribution in [0.25, 0.3) is 0 Å². The molecule has 0 aliphatic heterocycles. The highest BCUT2D eigenvalue weighted by Gasteiger charge is 2.43. The molecule has 1 unspecified atom stereocenters. The Bertz CT molecular complexity index is 1050. The van der Waals surface area contributed by atoms with Gasteiger partial charge in [0.2, 0.25) is 5.82 Å². The van der Waals surface area contributed by atoms with Crippen LogP contribution >= 0.6 is 0 Å². The summed E-state index contributed by atoms with van der Waals surface area (Å²) in [6, 6.07) is 15.6. The number of ether oxygens (including phenoxy) is 3. The summed E-state index contributed by atoms with van der Waals surface area (Å²) >= 11 is 0. The molecule has 0 fully saturated rings. The predicted molar refractivity (Wildman–Crippen MR) is 104 cm³/mol. The van der Waals surface area contributed by atoms with Gasteiger partial charge in [0.15, 0.2) is 17.4 Å². The summed E-state index contributed by atoms with van der Waals surface area (Å²) in [5, 5.41) is 0. The Hall–Kier alpha value is -3.20. The van der Waals surface area contributed by atoms with Crippen molar-refractivity contribution >= 4 is 0 Å². The third kappa shape index (κ3) is 5.53. The highest BCUT2D eigenvalue weighted by Crippen LogP contribution is 2.39. The van der Waals surface area contributed by atoms with Crippen LogP contribution in [0.5, 0.6) is 17.2 Å². The molecule has 0 saturated heterocycles. The molecule has 1 atom stereocenters. The van der Waals surface area contributed by atoms with Crippen molar-refractivity contribution in [3.8, 4) is 17.2 Å². The molecule has 0 radical (unpaired) electrons. The molecule has 0 aromatic heterocycles. The van der Waals surface area contributed by atoms with Gasteiger partial charge in [-0.2, -0.15) is 17.6 Å². The molecule has 0 aliphatic carbocycles. The van der Waals surface area contributed by atoms with Crippen LogP contribution < -0.4 is 9.47 Å². The van der Waals surface area contributed by atoms with Gasteiger partial charge in [0.1, 0.15) is 17.4 Å². The van der Waals surface area contributed by atoms with E-state index in [-0.39, 0.29) is 12.7 Å². The maximum Gasteiger partial charge on any atom is 0.398 e. The van der Waals surface area contributed by atoms with Gasteiger partial charge in [0.25, 0.3) is 0 Å². The maximum atomic E-state index is 14.2. The van der Waals surface area contributed by atoms with Crippen molar-refractivity contribution in [3.05, 3.63) is 89.2 Å². The molecular formula is C23H18F6O3. The normalized spacial score (nSPS) is 12.5. The second-order valence-electron chi connectivity index (χ2n) is 6.78. The predicted octanol–water partition coefficient (Wildman–Crippen LogP) is 6.77. The number of alkyl halides is 3. The molecule has 0 bridgehead atoms. The number of hydrogen-bond donors (Lipinski definition) is 0. The first-order valence-corrected chi connectivity index (χ1v) is 9.38. The Balaban J connectivity index is 1.74. The molecule has 9 heteroatoms. The van der Waals surface area contributed by atoms with Gasteiger partial charge in [-0.25, -0.2) is 8.78 Å². The summed E-state index contributed by atoms with van der Waals surface area (Å²) in [7, 11) is 0.876. The lowest BCUT2D eigenvalue weighted by Gasteiger charge is -2.22. The summed E-state index contributed by atoms with van der Waals surface area (Å²) < 4.78 is 97.8. The molecule has 0 heterocycles. The molecule has 0 amide bonds. The highest BCUT2D eigenvalue weighted by molar-refractivity contribution is 5.36. The number of methoxy groups -OCH3 is 1. The monoisotopic (exact) mass is 456 g/mol. The van der Waals surface area contributed by atoms with Gasteiger partial charge in [0, 0.05) is 5.56 Å². The Morgan fingerprint density at radius 3 is 2.19 bits per heavy atom. The maximum absolute atomic E-state index is 14.2. The van der Waals surface area contributed by atoms with E-state index in [0.29, 0.717) is 17.1 Å². The largest absolute Gasteiger partial charge is 0.491 e. The summed E-state index contributed by atoms with van der Waals surface area (Å²) in [4.78, 5) is 0. The lowest BCUT2D eigenvalue weighted by molar-refractivity contribution is -0.164. The molecular weight excluding hydrogens is 438 g/mol. The molecule has 0 aliphatic rings. The van der Waals surface area contributed by atoms with Crippen molar-refractivity contribution in [1.29, 1.82) is 0 Å². The third-order valence-corrected chi connectivity index (χ3v) is 4.55. The minimum Gasteiger partial charge on any atom is -0.491 e. The Morgan fingerprint density at radius 2 is 1.53 bits per heavy atom. The van der Waals surface area contributed by atoms with Gasteiger partial charge in [-0.05, 0) is 35.9 Å². The Labute approximate surface area is 180 Å². The summed E-state index contributed by atoms with van der Waals surface area (Å²) in [6.45, 7) is -1.31. The molecule has 0 N–H and O–H groups in total. The lowest BCUT2D eigenvalue weighted by Crippen LogP contribution is -2.27. The quantitative estimate of drug-likeness (QED) is 0.277. The summed E-state index contributed by atoms with van der Waals surface area (Å²) in [5.41, 5.74) is -0.707. The number of benzene rings is 3. The van der Waals surface area contributed by atoms with Crippen molar-refractivity contribution in [2.45, 2.75) is 18.7 Å². The molecule has 170 valence electrons. The van der Waals surface area contributed by atoms with E-state index in [1.165, 1.54) is 0 Å². The van der Waals surface area contributed by atoms with Crippen LogP contribution in [0, 0.1) is 17.5 Å². The molecule has 32 heavy (non-hydrogen) atoms. The highest BCUT2D eigenvalue weighted by atomic mass is 19.4. The molecule has 3 aromatic rings. The second kappa shape index (κ2) is 9.95. The molecule has 0 saturated carbocycles. The second-order valence-corrected chi connectivity index (χ2v) is 6.78. The first-order chi connectivity index (χ1) is 15.2. The van der Waals surface area contributed by atoms with Crippen molar-refractivity contribution in [3.63, 3.8) is 0 Å². The van der Waals surface area contributed by atoms with Crippen LogP contribution in [0.4, 0.5) is 26.3 Å². The van der Waals surface area contributed by atoms with Crippen LogP contribution in [0.1, 0.15) is 17.0 Å². The fourth-order valence-corrected chi connectivity index (χ4v) is 3.02. The average Bonchev–Trinajstić information content (AvgIpc) is 2.75. The van der Waals surface area contributed by atoms with Crippen LogP contribution in [0.3, 0.4) is 0 Å². The zero-order chi connectivity index (χ0) is 23.3. The zero-order valence-electron chi connectivity index (χ0n) is 16.8. The first kappa shape index (κ1) is 23.5. The Kier molecular flexibility index (Phi) is 7.29.